The lowest BCUT2D eigenvalue weighted by Gasteiger charge is -2.14. The molecule has 2 aromatic carbocycles. The monoisotopic (exact) mass is 353 g/mol. The molecule has 2 rings (SSSR count). The second kappa shape index (κ2) is 7.11. The van der Waals surface area contributed by atoms with Crippen LogP contribution in [0.3, 0.4) is 0 Å². The largest absolute Gasteiger partial charge is 0.494 e. The molecule has 106 valence electrons. The van der Waals surface area contributed by atoms with Gasteiger partial charge in [-0.05, 0) is 57.7 Å². The van der Waals surface area contributed by atoms with E-state index in [1.54, 1.807) is 0 Å². The van der Waals surface area contributed by atoms with Gasteiger partial charge in [-0.1, -0.05) is 36.7 Å². The van der Waals surface area contributed by atoms with Crippen LogP contribution in [0, 0.1) is 0 Å². The second-order valence-corrected chi connectivity index (χ2v) is 5.83. The molecule has 0 radical (unpaired) electrons. The van der Waals surface area contributed by atoms with Gasteiger partial charge in [-0.2, -0.15) is 0 Å². The normalized spacial score (nSPS) is 12.2. The van der Waals surface area contributed by atoms with Gasteiger partial charge < -0.3 is 10.5 Å². The van der Waals surface area contributed by atoms with Gasteiger partial charge in [0, 0.05) is 4.47 Å². The second-order valence-electron chi connectivity index (χ2n) is 4.57. The number of benzene rings is 2. The summed E-state index contributed by atoms with van der Waals surface area (Å²) in [6.45, 7) is 2.81. The first-order valence-corrected chi connectivity index (χ1v) is 7.72. The minimum absolute atomic E-state index is 0.194. The number of rotatable bonds is 5. The molecule has 0 saturated carbocycles. The van der Waals surface area contributed by atoms with Crippen molar-refractivity contribution in [2.45, 2.75) is 19.4 Å². The van der Waals surface area contributed by atoms with Gasteiger partial charge in [0.15, 0.2) is 0 Å². The summed E-state index contributed by atoms with van der Waals surface area (Å²) in [5, 5.41) is 0.667. The summed E-state index contributed by atoms with van der Waals surface area (Å²) in [4.78, 5) is 0. The lowest BCUT2D eigenvalue weighted by atomic mass is 10.00. The first-order valence-electron chi connectivity index (χ1n) is 6.55. The Kier molecular flexibility index (Phi) is 5.46. The quantitative estimate of drug-likeness (QED) is 0.825. The molecule has 0 bridgehead atoms. The van der Waals surface area contributed by atoms with E-state index in [-0.39, 0.29) is 6.04 Å². The van der Waals surface area contributed by atoms with Crippen LogP contribution in [-0.4, -0.2) is 6.61 Å². The Bertz CT molecular complexity index is 571. The first kappa shape index (κ1) is 15.4. The SMILES string of the molecule is CCCOc1ccc(C(N)c2ccc(Br)c(Cl)c2)cc1. The molecule has 2 N–H and O–H groups in total. The molecule has 20 heavy (non-hydrogen) atoms. The molecule has 0 aromatic heterocycles. The van der Waals surface area contributed by atoms with Crippen molar-refractivity contribution in [2.24, 2.45) is 5.73 Å². The van der Waals surface area contributed by atoms with Crippen LogP contribution in [0.4, 0.5) is 0 Å². The minimum atomic E-state index is -0.194. The standard InChI is InChI=1S/C16H17BrClNO/c1-2-9-20-13-6-3-11(4-7-13)16(19)12-5-8-14(17)15(18)10-12/h3-8,10,16H,2,9,19H2,1H3. The van der Waals surface area contributed by atoms with Crippen LogP contribution >= 0.6 is 27.5 Å². The number of hydrogen-bond acceptors (Lipinski definition) is 2. The zero-order chi connectivity index (χ0) is 14.5. The third-order valence-electron chi connectivity index (χ3n) is 3.01. The van der Waals surface area contributed by atoms with Crippen LogP contribution < -0.4 is 10.5 Å². The molecule has 2 nitrogen and oxygen atoms in total. The highest BCUT2D eigenvalue weighted by Crippen LogP contribution is 2.28. The number of ether oxygens (including phenoxy) is 1. The molecule has 2 aromatic rings. The molecule has 4 heteroatoms. The van der Waals surface area contributed by atoms with Crippen molar-refractivity contribution >= 4 is 27.5 Å². The molecule has 1 atom stereocenters. The topological polar surface area (TPSA) is 35.2 Å². The summed E-state index contributed by atoms with van der Waals surface area (Å²) >= 11 is 9.48. The molecule has 1 unspecified atom stereocenters. The average Bonchev–Trinajstić information content (AvgIpc) is 2.48. The van der Waals surface area contributed by atoms with Crippen molar-refractivity contribution in [3.05, 3.63) is 63.1 Å². The van der Waals surface area contributed by atoms with Crippen LogP contribution in [0.1, 0.15) is 30.5 Å². The Balaban J connectivity index is 2.15. The fourth-order valence-corrected chi connectivity index (χ4v) is 2.33. The van der Waals surface area contributed by atoms with Crippen LogP contribution in [0.25, 0.3) is 0 Å². The molecule has 0 aliphatic carbocycles. The molecule has 0 amide bonds. The van der Waals surface area contributed by atoms with E-state index in [0.29, 0.717) is 5.02 Å². The lowest BCUT2D eigenvalue weighted by molar-refractivity contribution is 0.317. The molecule has 0 fully saturated rings. The minimum Gasteiger partial charge on any atom is -0.494 e. The summed E-state index contributed by atoms with van der Waals surface area (Å²) in [5.41, 5.74) is 8.29. The Morgan fingerprint density at radius 3 is 2.40 bits per heavy atom. The van der Waals surface area contributed by atoms with Crippen LogP contribution in [0.2, 0.25) is 5.02 Å². The van der Waals surface area contributed by atoms with Gasteiger partial charge in [0.25, 0.3) is 0 Å². The maximum Gasteiger partial charge on any atom is 0.119 e. The predicted molar refractivity (Wildman–Crippen MR) is 87.4 cm³/mol. The predicted octanol–water partition coefficient (Wildman–Crippen LogP) is 4.94. The molecular formula is C16H17BrClNO. The third kappa shape index (κ3) is 3.75. The van der Waals surface area contributed by atoms with E-state index in [0.717, 1.165) is 34.4 Å². The third-order valence-corrected chi connectivity index (χ3v) is 4.25. The van der Waals surface area contributed by atoms with E-state index in [9.17, 15) is 0 Å². The van der Waals surface area contributed by atoms with E-state index >= 15 is 0 Å². The van der Waals surface area contributed by atoms with Crippen molar-refractivity contribution in [1.82, 2.24) is 0 Å². The molecule has 0 aliphatic rings. The number of nitrogens with two attached hydrogens (primary N) is 1. The maximum atomic E-state index is 6.27. The van der Waals surface area contributed by atoms with E-state index < -0.39 is 0 Å². The van der Waals surface area contributed by atoms with Gasteiger partial charge in [-0.25, -0.2) is 0 Å². The maximum absolute atomic E-state index is 6.27. The van der Waals surface area contributed by atoms with Gasteiger partial charge in [-0.15, -0.1) is 0 Å². The van der Waals surface area contributed by atoms with E-state index in [2.05, 4.69) is 22.9 Å². The van der Waals surface area contributed by atoms with Crippen LogP contribution in [0.15, 0.2) is 46.9 Å². The highest BCUT2D eigenvalue weighted by Gasteiger charge is 2.10. The molecule has 0 saturated heterocycles. The highest BCUT2D eigenvalue weighted by molar-refractivity contribution is 9.10. The smallest absolute Gasteiger partial charge is 0.119 e. The zero-order valence-electron chi connectivity index (χ0n) is 11.3. The van der Waals surface area contributed by atoms with E-state index in [1.807, 2.05) is 42.5 Å². The zero-order valence-corrected chi connectivity index (χ0v) is 13.6. The van der Waals surface area contributed by atoms with Gasteiger partial charge in [0.2, 0.25) is 0 Å². The lowest BCUT2D eigenvalue weighted by Crippen LogP contribution is -2.11. The fraction of sp³-hybridized carbons (Fsp3) is 0.250. The Labute approximate surface area is 133 Å². The molecular weight excluding hydrogens is 338 g/mol. The summed E-state index contributed by atoms with van der Waals surface area (Å²) in [6.07, 6.45) is 0.999. The van der Waals surface area contributed by atoms with Crippen LogP contribution in [0.5, 0.6) is 5.75 Å². The Hall–Kier alpha value is -1.03. The highest BCUT2D eigenvalue weighted by atomic mass is 79.9. The summed E-state index contributed by atoms with van der Waals surface area (Å²) in [6, 6.07) is 13.5. The molecule has 0 aliphatic heterocycles. The average molecular weight is 355 g/mol. The summed E-state index contributed by atoms with van der Waals surface area (Å²) in [7, 11) is 0. The van der Waals surface area contributed by atoms with Crippen molar-refractivity contribution < 1.29 is 4.74 Å². The van der Waals surface area contributed by atoms with Gasteiger partial charge >= 0.3 is 0 Å². The van der Waals surface area contributed by atoms with Crippen LogP contribution in [-0.2, 0) is 0 Å². The fourth-order valence-electron chi connectivity index (χ4n) is 1.89. The summed E-state index contributed by atoms with van der Waals surface area (Å²) in [5.74, 6) is 0.872. The van der Waals surface area contributed by atoms with Crippen molar-refractivity contribution in [2.75, 3.05) is 6.61 Å². The number of halogens is 2. The van der Waals surface area contributed by atoms with Gasteiger partial charge in [0.05, 0.1) is 17.7 Å². The van der Waals surface area contributed by atoms with Gasteiger partial charge in [-0.3, -0.25) is 0 Å². The summed E-state index contributed by atoms with van der Waals surface area (Å²) < 4.78 is 6.44. The van der Waals surface area contributed by atoms with Crippen molar-refractivity contribution in [3.8, 4) is 5.75 Å². The first-order chi connectivity index (χ1) is 9.61. The Morgan fingerprint density at radius 2 is 1.80 bits per heavy atom. The van der Waals surface area contributed by atoms with Gasteiger partial charge in [0.1, 0.15) is 5.75 Å². The van der Waals surface area contributed by atoms with Crippen molar-refractivity contribution in [3.63, 3.8) is 0 Å². The van der Waals surface area contributed by atoms with E-state index in [4.69, 9.17) is 22.1 Å². The molecule has 0 spiro atoms. The van der Waals surface area contributed by atoms with E-state index in [1.165, 1.54) is 0 Å². The molecule has 0 heterocycles. The Morgan fingerprint density at radius 1 is 1.15 bits per heavy atom. The van der Waals surface area contributed by atoms with Crippen molar-refractivity contribution in [1.29, 1.82) is 0 Å². The number of hydrogen-bond donors (Lipinski definition) is 1.